The summed E-state index contributed by atoms with van der Waals surface area (Å²) in [7, 11) is 0. The molecule has 4 aliphatic rings. The number of benzene rings is 1. The summed E-state index contributed by atoms with van der Waals surface area (Å²) in [6.45, 7) is 8.18. The van der Waals surface area contributed by atoms with Crippen molar-refractivity contribution in [2.24, 2.45) is 17.3 Å². The summed E-state index contributed by atoms with van der Waals surface area (Å²) in [5.74, 6) is 2.42. The largest absolute Gasteiger partial charge is 0.481 e. The summed E-state index contributed by atoms with van der Waals surface area (Å²) < 4.78 is 0. The van der Waals surface area contributed by atoms with E-state index in [0.717, 1.165) is 75.6 Å². The number of halogens is 2. The molecule has 2 atom stereocenters. The number of nitrogens with one attached hydrogen (secondary N) is 1. The molecule has 1 aromatic heterocycles. The highest BCUT2D eigenvalue weighted by molar-refractivity contribution is 6.35. The van der Waals surface area contributed by atoms with Crippen LogP contribution in [0.25, 0.3) is 0 Å². The number of nitrogens with zero attached hydrogens (tertiary/aromatic N) is 4. The molecule has 2 aromatic rings. The molecule has 204 valence electrons. The first-order valence-electron chi connectivity index (χ1n) is 14.0. The number of aromatic nitrogens is 2. The van der Waals surface area contributed by atoms with Gasteiger partial charge in [-0.15, -0.1) is 0 Å². The fraction of sp³-hybridized carbons (Fsp3) is 0.621. The average Bonchev–Trinajstić information content (AvgIpc) is 3.30. The summed E-state index contributed by atoms with van der Waals surface area (Å²) in [5, 5.41) is 14.4. The zero-order valence-electron chi connectivity index (χ0n) is 22.2. The van der Waals surface area contributed by atoms with Crippen LogP contribution in [0.15, 0.2) is 18.2 Å². The molecular formula is C29H37Cl2N5O2. The van der Waals surface area contributed by atoms with Gasteiger partial charge in [0.25, 0.3) is 0 Å². The molecule has 6 rings (SSSR count). The maximum absolute atomic E-state index is 11.5. The Labute approximate surface area is 234 Å². The predicted octanol–water partition coefficient (Wildman–Crippen LogP) is 5.85. The number of hydrogen-bond acceptors (Lipinski definition) is 6. The molecule has 38 heavy (non-hydrogen) atoms. The second kappa shape index (κ2) is 10.1. The van der Waals surface area contributed by atoms with Crippen molar-refractivity contribution in [2.45, 2.75) is 70.9 Å². The Kier molecular flexibility index (Phi) is 6.98. The maximum Gasteiger partial charge on any atom is 0.309 e. The minimum atomic E-state index is -0.647. The molecule has 0 bridgehead atoms. The lowest BCUT2D eigenvalue weighted by molar-refractivity contribution is -0.158. The first-order valence-corrected chi connectivity index (χ1v) is 14.8. The lowest BCUT2D eigenvalue weighted by Gasteiger charge is -2.52. The zero-order chi connectivity index (χ0) is 26.6. The van der Waals surface area contributed by atoms with Gasteiger partial charge in [0.05, 0.1) is 17.2 Å². The number of piperidine rings is 1. The summed E-state index contributed by atoms with van der Waals surface area (Å²) in [6, 6.07) is 6.07. The topological polar surface area (TPSA) is 81.6 Å². The van der Waals surface area contributed by atoms with Gasteiger partial charge < -0.3 is 20.2 Å². The fourth-order valence-electron chi connectivity index (χ4n) is 6.96. The lowest BCUT2D eigenvalue weighted by atomic mass is 9.65. The second-order valence-electron chi connectivity index (χ2n) is 12.2. The van der Waals surface area contributed by atoms with Gasteiger partial charge in [0, 0.05) is 41.3 Å². The minimum absolute atomic E-state index is 0.000864. The number of anilines is 2. The van der Waals surface area contributed by atoms with Gasteiger partial charge in [-0.3, -0.25) is 4.79 Å². The van der Waals surface area contributed by atoms with Gasteiger partial charge in [-0.2, -0.15) is 4.98 Å². The third-order valence-electron chi connectivity index (χ3n) is 9.46. The molecule has 3 heterocycles. The molecule has 2 saturated heterocycles. The fourth-order valence-corrected chi connectivity index (χ4v) is 7.53. The Morgan fingerprint density at radius 3 is 2.66 bits per heavy atom. The lowest BCUT2D eigenvalue weighted by Crippen LogP contribution is -2.58. The number of carboxylic acid groups (broad SMARTS) is 1. The van der Waals surface area contributed by atoms with E-state index in [4.69, 9.17) is 33.2 Å². The number of carbonyl (C=O) groups is 1. The van der Waals surface area contributed by atoms with Crippen LogP contribution in [0.5, 0.6) is 0 Å². The van der Waals surface area contributed by atoms with Gasteiger partial charge in [0.2, 0.25) is 5.95 Å². The number of likely N-dealkylation sites (tertiary alicyclic amines) is 1. The zero-order valence-corrected chi connectivity index (χ0v) is 23.7. The molecule has 2 aliphatic carbocycles. The molecule has 1 unspecified atom stereocenters. The number of rotatable bonds is 7. The van der Waals surface area contributed by atoms with Crippen LogP contribution in [0.1, 0.15) is 68.8 Å². The normalized spacial score (nSPS) is 28.4. The Hall–Kier alpha value is -2.09. The number of aryl methyl sites for hydroxylation is 1. The van der Waals surface area contributed by atoms with Crippen molar-refractivity contribution < 1.29 is 9.90 Å². The Bertz CT molecular complexity index is 1230. The average molecular weight is 559 g/mol. The first kappa shape index (κ1) is 26.1. The predicted molar refractivity (Wildman–Crippen MR) is 151 cm³/mol. The van der Waals surface area contributed by atoms with E-state index in [-0.39, 0.29) is 6.04 Å². The highest BCUT2D eigenvalue weighted by Crippen LogP contribution is 2.45. The highest BCUT2D eigenvalue weighted by Gasteiger charge is 2.49. The number of carboxylic acids is 1. The Morgan fingerprint density at radius 2 is 1.92 bits per heavy atom. The molecule has 1 saturated carbocycles. The van der Waals surface area contributed by atoms with Crippen molar-refractivity contribution in [3.8, 4) is 0 Å². The van der Waals surface area contributed by atoms with Crippen LogP contribution in [0.2, 0.25) is 10.0 Å². The standard InChI is InChI=1S/C29H37Cl2N5O2/c1-17(22-9-8-20(30)11-24(22)31)32-26-23-6-3-7-25(23)33-28(34-26)36-15-19(16-36)18-5-4-10-35(14-18)21-12-29(2,13-21)27(37)38/h8-9,11,17-19,21H,3-7,10,12-16H2,1-2H3,(H,37,38)(H,32,33,34)/t17-,18?,21?,29?/m1/s1. The van der Waals surface area contributed by atoms with Crippen LogP contribution in [0.4, 0.5) is 11.8 Å². The van der Waals surface area contributed by atoms with Crippen LogP contribution >= 0.6 is 23.2 Å². The third kappa shape index (κ3) is 4.86. The molecule has 0 spiro atoms. The molecule has 0 radical (unpaired) electrons. The van der Waals surface area contributed by atoms with Crippen molar-refractivity contribution in [1.82, 2.24) is 14.9 Å². The summed E-state index contributed by atoms with van der Waals surface area (Å²) >= 11 is 12.6. The van der Waals surface area contributed by atoms with E-state index < -0.39 is 11.4 Å². The highest BCUT2D eigenvalue weighted by atomic mass is 35.5. The third-order valence-corrected chi connectivity index (χ3v) is 10.0. The van der Waals surface area contributed by atoms with Crippen molar-refractivity contribution >= 4 is 40.9 Å². The molecule has 1 aromatic carbocycles. The smallest absolute Gasteiger partial charge is 0.309 e. The van der Waals surface area contributed by atoms with E-state index in [2.05, 4.69) is 22.0 Å². The van der Waals surface area contributed by atoms with Crippen LogP contribution in [0.3, 0.4) is 0 Å². The van der Waals surface area contributed by atoms with Gasteiger partial charge in [-0.1, -0.05) is 29.3 Å². The molecule has 0 amide bonds. The first-order chi connectivity index (χ1) is 18.2. The summed E-state index contributed by atoms with van der Waals surface area (Å²) in [5.41, 5.74) is 2.88. The van der Waals surface area contributed by atoms with E-state index in [1.54, 1.807) is 6.07 Å². The number of aliphatic carboxylic acids is 1. The van der Waals surface area contributed by atoms with E-state index in [1.165, 1.54) is 24.1 Å². The Morgan fingerprint density at radius 1 is 1.13 bits per heavy atom. The molecule has 3 fully saturated rings. The molecule has 2 N–H and O–H groups in total. The van der Waals surface area contributed by atoms with Crippen LogP contribution in [0, 0.1) is 17.3 Å². The van der Waals surface area contributed by atoms with Crippen molar-refractivity contribution in [3.63, 3.8) is 0 Å². The van der Waals surface area contributed by atoms with E-state index in [1.807, 2.05) is 19.1 Å². The van der Waals surface area contributed by atoms with Gasteiger partial charge in [-0.25, -0.2) is 4.98 Å². The molecule has 2 aliphatic heterocycles. The van der Waals surface area contributed by atoms with E-state index >= 15 is 0 Å². The molecular weight excluding hydrogens is 521 g/mol. The van der Waals surface area contributed by atoms with Gasteiger partial charge >= 0.3 is 5.97 Å². The number of hydrogen-bond donors (Lipinski definition) is 2. The van der Waals surface area contributed by atoms with Crippen molar-refractivity contribution in [3.05, 3.63) is 45.1 Å². The van der Waals surface area contributed by atoms with Gasteiger partial charge in [0.1, 0.15) is 5.82 Å². The summed E-state index contributed by atoms with van der Waals surface area (Å²) in [4.78, 5) is 26.4. The van der Waals surface area contributed by atoms with Crippen LogP contribution in [-0.2, 0) is 17.6 Å². The summed E-state index contributed by atoms with van der Waals surface area (Å²) in [6.07, 6.45) is 7.14. The van der Waals surface area contributed by atoms with Crippen molar-refractivity contribution in [2.75, 3.05) is 36.4 Å². The van der Waals surface area contributed by atoms with Gasteiger partial charge in [0.15, 0.2) is 0 Å². The van der Waals surface area contributed by atoms with Crippen molar-refractivity contribution in [1.29, 1.82) is 0 Å². The second-order valence-corrected chi connectivity index (χ2v) is 13.0. The van der Waals surface area contributed by atoms with Crippen LogP contribution in [-0.4, -0.2) is 58.2 Å². The quantitative estimate of drug-likeness (QED) is 0.442. The number of fused-ring (bicyclic) bond motifs is 1. The minimum Gasteiger partial charge on any atom is -0.481 e. The molecule has 7 nitrogen and oxygen atoms in total. The van der Waals surface area contributed by atoms with E-state index in [0.29, 0.717) is 27.9 Å². The Balaban J connectivity index is 1.10. The molecule has 9 heteroatoms. The van der Waals surface area contributed by atoms with Gasteiger partial charge in [-0.05, 0) is 94.9 Å². The monoisotopic (exact) mass is 557 g/mol. The SMILES string of the molecule is C[C@@H](Nc1nc(N2CC(C3CCCN(C4CC(C)(C(=O)O)C4)C3)C2)nc2c1CCC2)c1ccc(Cl)cc1Cl. The van der Waals surface area contributed by atoms with Crippen LogP contribution < -0.4 is 10.2 Å². The van der Waals surface area contributed by atoms with E-state index in [9.17, 15) is 9.90 Å². The maximum atomic E-state index is 11.5.